The van der Waals surface area contributed by atoms with Crippen LogP contribution in [0, 0.1) is 0 Å². The lowest BCUT2D eigenvalue weighted by atomic mass is 10.1. The van der Waals surface area contributed by atoms with Crippen molar-refractivity contribution in [3.63, 3.8) is 0 Å². The summed E-state index contributed by atoms with van der Waals surface area (Å²) < 4.78 is 42.1. The molecule has 8 heteroatoms. The van der Waals surface area contributed by atoms with Gasteiger partial charge in [0.2, 0.25) is 5.88 Å². The fraction of sp³-hybridized carbons (Fsp3) is 0.286. The molecule has 3 aromatic rings. The van der Waals surface area contributed by atoms with Gasteiger partial charge >= 0.3 is 6.18 Å². The molecule has 29 heavy (non-hydrogen) atoms. The van der Waals surface area contributed by atoms with Crippen LogP contribution in [0.1, 0.15) is 40.4 Å². The zero-order valence-corrected chi connectivity index (χ0v) is 15.4. The van der Waals surface area contributed by atoms with E-state index < -0.39 is 12.8 Å². The highest BCUT2D eigenvalue weighted by Crippen LogP contribution is 2.40. The Labute approximate surface area is 164 Å². The molecule has 0 atom stereocenters. The molecule has 1 amide bonds. The van der Waals surface area contributed by atoms with E-state index in [9.17, 15) is 18.0 Å². The van der Waals surface area contributed by atoms with Crippen molar-refractivity contribution in [2.75, 3.05) is 6.61 Å². The first kappa shape index (κ1) is 19.2. The zero-order valence-electron chi connectivity index (χ0n) is 15.4. The van der Waals surface area contributed by atoms with E-state index in [1.807, 2.05) is 24.3 Å². The molecule has 4 rings (SSSR count). The van der Waals surface area contributed by atoms with Crippen molar-refractivity contribution in [1.29, 1.82) is 0 Å². The first-order valence-corrected chi connectivity index (χ1v) is 9.22. The molecule has 1 aromatic carbocycles. The van der Waals surface area contributed by atoms with E-state index in [-0.39, 0.29) is 18.3 Å². The predicted octanol–water partition coefficient (Wildman–Crippen LogP) is 4.38. The molecule has 1 fully saturated rings. The highest BCUT2D eigenvalue weighted by Gasteiger charge is 2.29. The predicted molar refractivity (Wildman–Crippen MR) is 101 cm³/mol. The summed E-state index contributed by atoms with van der Waals surface area (Å²) in [6, 6.07) is 12.3. The summed E-state index contributed by atoms with van der Waals surface area (Å²) in [6.07, 6.45) is -1.01. The number of benzene rings is 1. The maximum absolute atomic E-state index is 12.9. The van der Waals surface area contributed by atoms with Crippen molar-refractivity contribution < 1.29 is 22.7 Å². The van der Waals surface area contributed by atoms with Crippen molar-refractivity contribution in [2.45, 2.75) is 31.5 Å². The van der Waals surface area contributed by atoms with Crippen LogP contribution in [0.2, 0.25) is 0 Å². The van der Waals surface area contributed by atoms with Crippen molar-refractivity contribution in [3.8, 4) is 5.88 Å². The van der Waals surface area contributed by atoms with Gasteiger partial charge in [-0.25, -0.2) is 4.98 Å². The summed E-state index contributed by atoms with van der Waals surface area (Å²) in [5.74, 6) is -0.0913. The Morgan fingerprint density at radius 2 is 1.97 bits per heavy atom. The molecule has 0 bridgehead atoms. The SMILES string of the molecule is O=C(NCc1cccnc1OCC(F)(F)F)c1cc(C2CC2)nc2ccccc12. The molecule has 1 saturated carbocycles. The minimum atomic E-state index is -4.47. The Balaban J connectivity index is 1.54. The summed E-state index contributed by atoms with van der Waals surface area (Å²) in [5.41, 5.74) is 2.51. The molecular formula is C21H18F3N3O2. The number of hydrogen-bond acceptors (Lipinski definition) is 4. The van der Waals surface area contributed by atoms with E-state index in [0.29, 0.717) is 17.0 Å². The number of rotatable bonds is 6. The van der Waals surface area contributed by atoms with Crippen molar-refractivity contribution in [1.82, 2.24) is 15.3 Å². The number of fused-ring (bicyclic) bond motifs is 1. The van der Waals surface area contributed by atoms with Gasteiger partial charge in [-0.05, 0) is 31.0 Å². The first-order chi connectivity index (χ1) is 13.9. The number of nitrogens with one attached hydrogen (secondary N) is 1. The molecule has 5 nitrogen and oxygen atoms in total. The molecule has 2 heterocycles. The third-order valence-corrected chi connectivity index (χ3v) is 4.64. The third-order valence-electron chi connectivity index (χ3n) is 4.64. The Morgan fingerprint density at radius 1 is 1.17 bits per heavy atom. The minimum absolute atomic E-state index is 0.00469. The van der Waals surface area contributed by atoms with Gasteiger partial charge in [-0.1, -0.05) is 24.3 Å². The van der Waals surface area contributed by atoms with E-state index >= 15 is 0 Å². The average Bonchev–Trinajstić information content (AvgIpc) is 3.55. The largest absolute Gasteiger partial charge is 0.468 e. The summed E-state index contributed by atoms with van der Waals surface area (Å²) in [7, 11) is 0. The number of hydrogen-bond donors (Lipinski definition) is 1. The Kier molecular flexibility index (Phi) is 5.08. The maximum Gasteiger partial charge on any atom is 0.422 e. The van der Waals surface area contributed by atoms with E-state index in [4.69, 9.17) is 4.74 Å². The number of alkyl halides is 3. The normalized spacial score (nSPS) is 14.0. The van der Waals surface area contributed by atoms with Gasteiger partial charge in [-0.15, -0.1) is 0 Å². The van der Waals surface area contributed by atoms with Gasteiger partial charge in [0, 0.05) is 35.3 Å². The lowest BCUT2D eigenvalue weighted by molar-refractivity contribution is -0.154. The number of aromatic nitrogens is 2. The van der Waals surface area contributed by atoms with Crippen LogP contribution in [0.15, 0.2) is 48.7 Å². The van der Waals surface area contributed by atoms with E-state index in [2.05, 4.69) is 15.3 Å². The summed E-state index contributed by atoms with van der Waals surface area (Å²) in [5, 5.41) is 3.49. The molecule has 2 aromatic heterocycles. The number of carbonyl (C=O) groups is 1. The fourth-order valence-corrected chi connectivity index (χ4v) is 3.08. The Morgan fingerprint density at radius 3 is 2.72 bits per heavy atom. The topological polar surface area (TPSA) is 64.1 Å². The second-order valence-electron chi connectivity index (χ2n) is 6.94. The minimum Gasteiger partial charge on any atom is -0.468 e. The Hall–Kier alpha value is -3.16. The third kappa shape index (κ3) is 4.64. The van der Waals surface area contributed by atoms with Gasteiger partial charge < -0.3 is 10.1 Å². The molecule has 0 spiro atoms. The molecule has 0 aliphatic heterocycles. The van der Waals surface area contributed by atoms with Crippen LogP contribution in [-0.2, 0) is 6.54 Å². The van der Waals surface area contributed by atoms with Gasteiger partial charge in [-0.2, -0.15) is 13.2 Å². The van der Waals surface area contributed by atoms with Crippen molar-refractivity contribution in [3.05, 3.63) is 65.5 Å². The van der Waals surface area contributed by atoms with Crippen LogP contribution in [0.25, 0.3) is 10.9 Å². The maximum atomic E-state index is 12.9. The highest BCUT2D eigenvalue weighted by molar-refractivity contribution is 6.06. The monoisotopic (exact) mass is 401 g/mol. The molecule has 1 aliphatic rings. The fourth-order valence-electron chi connectivity index (χ4n) is 3.08. The van der Waals surface area contributed by atoms with Crippen LogP contribution in [0.4, 0.5) is 13.2 Å². The number of pyridine rings is 2. The second kappa shape index (κ2) is 7.69. The smallest absolute Gasteiger partial charge is 0.422 e. The number of para-hydroxylation sites is 1. The van der Waals surface area contributed by atoms with Crippen LogP contribution in [0.5, 0.6) is 5.88 Å². The standard InChI is InChI=1S/C21H18F3N3O2/c22-21(23,24)12-29-20-14(4-3-9-25-20)11-26-19(28)16-10-18(13-7-8-13)27-17-6-2-1-5-15(16)17/h1-6,9-10,13H,7-8,11-12H2,(H,26,28). The summed E-state index contributed by atoms with van der Waals surface area (Å²) in [6.45, 7) is -1.44. The quantitative estimate of drug-likeness (QED) is 0.666. The number of carbonyl (C=O) groups excluding carboxylic acids is 1. The number of ether oxygens (including phenoxy) is 1. The molecule has 1 aliphatic carbocycles. The lowest BCUT2D eigenvalue weighted by Gasteiger charge is -2.13. The number of amides is 1. The molecule has 150 valence electrons. The molecule has 0 radical (unpaired) electrons. The van der Waals surface area contributed by atoms with Gasteiger partial charge in [-0.3, -0.25) is 9.78 Å². The molecule has 0 saturated heterocycles. The first-order valence-electron chi connectivity index (χ1n) is 9.22. The van der Waals surface area contributed by atoms with Crippen LogP contribution >= 0.6 is 0 Å². The molecular weight excluding hydrogens is 383 g/mol. The number of nitrogens with zero attached hydrogens (tertiary/aromatic N) is 2. The van der Waals surface area contributed by atoms with E-state index in [1.54, 1.807) is 18.2 Å². The van der Waals surface area contributed by atoms with Gasteiger partial charge in [0.15, 0.2) is 6.61 Å². The Bertz CT molecular complexity index is 1050. The van der Waals surface area contributed by atoms with E-state index in [1.165, 1.54) is 6.20 Å². The van der Waals surface area contributed by atoms with Gasteiger partial charge in [0.25, 0.3) is 5.91 Å². The second-order valence-corrected chi connectivity index (χ2v) is 6.94. The lowest BCUT2D eigenvalue weighted by Crippen LogP contribution is -2.25. The van der Waals surface area contributed by atoms with Gasteiger partial charge in [0.05, 0.1) is 11.1 Å². The van der Waals surface area contributed by atoms with Crippen molar-refractivity contribution >= 4 is 16.8 Å². The molecule has 1 N–H and O–H groups in total. The van der Waals surface area contributed by atoms with Crippen LogP contribution in [0.3, 0.4) is 0 Å². The highest BCUT2D eigenvalue weighted by atomic mass is 19.4. The van der Waals surface area contributed by atoms with Crippen molar-refractivity contribution in [2.24, 2.45) is 0 Å². The zero-order chi connectivity index (χ0) is 20.4. The summed E-state index contributed by atoms with van der Waals surface area (Å²) in [4.78, 5) is 21.4. The number of halogens is 3. The summed E-state index contributed by atoms with van der Waals surface area (Å²) >= 11 is 0. The van der Waals surface area contributed by atoms with Crippen LogP contribution < -0.4 is 10.1 Å². The van der Waals surface area contributed by atoms with E-state index in [0.717, 1.165) is 29.4 Å². The average molecular weight is 401 g/mol. The van der Waals surface area contributed by atoms with Gasteiger partial charge in [0.1, 0.15) is 0 Å². The van der Waals surface area contributed by atoms with Crippen LogP contribution in [-0.4, -0.2) is 28.7 Å². The molecule has 0 unspecified atom stereocenters.